The number of amides is 1. The monoisotopic (exact) mass is 465 g/mol. The summed E-state index contributed by atoms with van der Waals surface area (Å²) in [6.07, 6.45) is 1.76. The lowest BCUT2D eigenvalue weighted by atomic mass is 9.88. The Balaban J connectivity index is 1.49. The third-order valence-electron chi connectivity index (χ3n) is 5.60. The highest BCUT2D eigenvalue weighted by atomic mass is 16.3. The first-order valence-corrected chi connectivity index (χ1v) is 11.2. The molecule has 5 aromatic rings. The van der Waals surface area contributed by atoms with Gasteiger partial charge in [-0.2, -0.15) is 9.78 Å². The zero-order valence-electron chi connectivity index (χ0n) is 19.0. The molecule has 3 heterocycles. The Bertz CT molecular complexity index is 1450. The van der Waals surface area contributed by atoms with Crippen LogP contribution in [0.1, 0.15) is 29.2 Å². The van der Waals surface area contributed by atoms with Crippen molar-refractivity contribution in [1.82, 2.24) is 19.7 Å². The summed E-state index contributed by atoms with van der Waals surface area (Å²) in [5.74, 6) is 0.765. The first-order valence-electron chi connectivity index (χ1n) is 11.2. The second kappa shape index (κ2) is 9.64. The molecule has 2 aromatic carbocycles. The van der Waals surface area contributed by atoms with E-state index in [1.807, 2.05) is 60.7 Å². The first kappa shape index (κ1) is 22.1. The number of hydrogen-bond donors (Lipinski definition) is 2. The Hall–Kier alpha value is -4.72. The van der Waals surface area contributed by atoms with Crippen molar-refractivity contribution in [3.05, 3.63) is 118 Å². The van der Waals surface area contributed by atoms with E-state index in [4.69, 9.17) is 4.42 Å². The van der Waals surface area contributed by atoms with Gasteiger partial charge in [0.05, 0.1) is 6.26 Å². The van der Waals surface area contributed by atoms with Crippen LogP contribution in [0.25, 0.3) is 17.4 Å². The molecular weight excluding hydrogens is 442 g/mol. The van der Waals surface area contributed by atoms with Crippen LogP contribution in [-0.2, 0) is 4.79 Å². The number of benzene rings is 2. The van der Waals surface area contributed by atoms with Crippen LogP contribution in [0.4, 0.5) is 5.82 Å². The molecule has 0 atom stereocenters. The zero-order valence-corrected chi connectivity index (χ0v) is 19.0. The van der Waals surface area contributed by atoms with Crippen molar-refractivity contribution < 1.29 is 9.21 Å². The fourth-order valence-corrected chi connectivity index (χ4v) is 4.02. The summed E-state index contributed by atoms with van der Waals surface area (Å²) in [5.41, 5.74) is 2.81. The van der Waals surface area contributed by atoms with Crippen molar-refractivity contribution in [3.63, 3.8) is 0 Å². The lowest BCUT2D eigenvalue weighted by Crippen LogP contribution is -2.20. The van der Waals surface area contributed by atoms with Gasteiger partial charge in [-0.05, 0) is 30.2 Å². The molecule has 174 valence electrons. The standard InChI is InChI=1S/C27H23N5O3/c1-18-15-25(33)30-27(28-18)32-24(17-22(31-32)23-13-8-14-35-23)29-26(34)16-21(19-9-4-2-5-10-19)20-11-6-3-7-12-20/h2-15,17,21H,16H2,1H3,(H,29,34)(H,28,30,33). The lowest BCUT2D eigenvalue weighted by Gasteiger charge is -2.18. The van der Waals surface area contributed by atoms with E-state index in [0.29, 0.717) is 23.0 Å². The summed E-state index contributed by atoms with van der Waals surface area (Å²) in [6.45, 7) is 1.72. The number of rotatable bonds is 7. The van der Waals surface area contributed by atoms with E-state index in [2.05, 4.69) is 20.4 Å². The van der Waals surface area contributed by atoms with Crippen molar-refractivity contribution in [1.29, 1.82) is 0 Å². The summed E-state index contributed by atoms with van der Waals surface area (Å²) in [7, 11) is 0. The molecule has 5 rings (SSSR count). The van der Waals surface area contributed by atoms with Crippen LogP contribution in [0.5, 0.6) is 0 Å². The quantitative estimate of drug-likeness (QED) is 0.363. The van der Waals surface area contributed by atoms with Gasteiger partial charge in [-0.15, -0.1) is 0 Å². The molecule has 0 saturated heterocycles. The van der Waals surface area contributed by atoms with Crippen molar-refractivity contribution in [2.45, 2.75) is 19.3 Å². The number of nitrogens with zero attached hydrogens (tertiary/aromatic N) is 3. The molecule has 3 aromatic heterocycles. The average Bonchev–Trinajstić information content (AvgIpc) is 3.53. The number of aryl methyl sites for hydroxylation is 1. The molecule has 0 aliphatic carbocycles. The maximum atomic E-state index is 13.3. The number of hydrogen-bond acceptors (Lipinski definition) is 5. The first-order chi connectivity index (χ1) is 17.1. The highest BCUT2D eigenvalue weighted by molar-refractivity contribution is 5.91. The van der Waals surface area contributed by atoms with E-state index in [9.17, 15) is 9.59 Å². The molecule has 0 saturated carbocycles. The Kier molecular flexibility index (Phi) is 6.09. The smallest absolute Gasteiger partial charge is 0.252 e. The van der Waals surface area contributed by atoms with Crippen LogP contribution in [0.3, 0.4) is 0 Å². The van der Waals surface area contributed by atoms with Crippen LogP contribution in [0.15, 0.2) is 100 Å². The topological polar surface area (TPSA) is 106 Å². The molecule has 0 bridgehead atoms. The van der Waals surface area contributed by atoms with Gasteiger partial charge in [0.1, 0.15) is 11.5 Å². The van der Waals surface area contributed by atoms with E-state index >= 15 is 0 Å². The summed E-state index contributed by atoms with van der Waals surface area (Å²) in [4.78, 5) is 32.5. The number of carbonyl (C=O) groups is 1. The van der Waals surface area contributed by atoms with Gasteiger partial charge in [-0.3, -0.25) is 14.6 Å². The number of H-pyrrole nitrogens is 1. The van der Waals surface area contributed by atoms with E-state index in [1.165, 1.54) is 10.7 Å². The molecule has 35 heavy (non-hydrogen) atoms. The second-order valence-corrected chi connectivity index (χ2v) is 8.14. The minimum atomic E-state index is -0.312. The van der Waals surface area contributed by atoms with Gasteiger partial charge in [0.25, 0.3) is 5.56 Å². The Morgan fingerprint density at radius 2 is 1.69 bits per heavy atom. The fraction of sp³-hybridized carbons (Fsp3) is 0.111. The van der Waals surface area contributed by atoms with Gasteiger partial charge in [-0.1, -0.05) is 60.7 Å². The third kappa shape index (κ3) is 4.96. The largest absolute Gasteiger partial charge is 0.463 e. The molecule has 0 radical (unpaired) electrons. The highest BCUT2D eigenvalue weighted by Gasteiger charge is 2.21. The van der Waals surface area contributed by atoms with Gasteiger partial charge in [0.15, 0.2) is 5.76 Å². The van der Waals surface area contributed by atoms with E-state index in [0.717, 1.165) is 11.1 Å². The SMILES string of the molecule is Cc1cc(=O)[nH]c(-n2nc(-c3ccco3)cc2NC(=O)CC(c2ccccc2)c2ccccc2)n1. The molecule has 0 unspecified atom stereocenters. The van der Waals surface area contributed by atoms with Gasteiger partial charge in [-0.25, -0.2) is 4.98 Å². The Morgan fingerprint density at radius 1 is 1.00 bits per heavy atom. The summed E-state index contributed by atoms with van der Waals surface area (Å²) >= 11 is 0. The minimum absolute atomic E-state index is 0.129. The van der Waals surface area contributed by atoms with Crippen LogP contribution in [0, 0.1) is 6.92 Å². The highest BCUT2D eigenvalue weighted by Crippen LogP contribution is 2.29. The average molecular weight is 466 g/mol. The van der Waals surface area contributed by atoms with Crippen molar-refractivity contribution >= 4 is 11.7 Å². The summed E-state index contributed by atoms with van der Waals surface area (Å²) in [5, 5.41) is 7.49. The molecule has 1 amide bonds. The summed E-state index contributed by atoms with van der Waals surface area (Å²) < 4.78 is 6.88. The predicted molar refractivity (Wildman–Crippen MR) is 132 cm³/mol. The maximum absolute atomic E-state index is 13.3. The number of nitrogens with one attached hydrogen (secondary N) is 2. The van der Waals surface area contributed by atoms with E-state index < -0.39 is 0 Å². The number of aromatic amines is 1. The third-order valence-corrected chi connectivity index (χ3v) is 5.60. The molecule has 0 fully saturated rings. The molecule has 8 nitrogen and oxygen atoms in total. The van der Waals surface area contributed by atoms with Gasteiger partial charge < -0.3 is 9.73 Å². The zero-order chi connectivity index (χ0) is 24.2. The van der Waals surface area contributed by atoms with Crippen LogP contribution in [0.2, 0.25) is 0 Å². The molecular formula is C27H23N5O3. The van der Waals surface area contributed by atoms with Crippen molar-refractivity contribution in [2.24, 2.45) is 0 Å². The van der Waals surface area contributed by atoms with Crippen molar-refractivity contribution in [3.8, 4) is 17.4 Å². The maximum Gasteiger partial charge on any atom is 0.252 e. The number of aromatic nitrogens is 4. The normalized spacial score (nSPS) is 11.0. The molecule has 0 spiro atoms. The molecule has 8 heteroatoms. The number of carbonyl (C=O) groups excluding carboxylic acids is 1. The molecule has 2 N–H and O–H groups in total. The fourth-order valence-electron chi connectivity index (χ4n) is 4.02. The predicted octanol–water partition coefficient (Wildman–Crippen LogP) is 4.68. The van der Waals surface area contributed by atoms with Gasteiger partial charge in [0.2, 0.25) is 11.9 Å². The van der Waals surface area contributed by atoms with Gasteiger partial charge >= 0.3 is 0 Å². The Morgan fingerprint density at radius 3 is 2.29 bits per heavy atom. The van der Waals surface area contributed by atoms with E-state index in [1.54, 1.807) is 31.4 Å². The van der Waals surface area contributed by atoms with E-state index in [-0.39, 0.29) is 29.8 Å². The summed E-state index contributed by atoms with van der Waals surface area (Å²) in [6, 6.07) is 26.5. The van der Waals surface area contributed by atoms with Gasteiger partial charge in [0, 0.05) is 30.2 Å². The minimum Gasteiger partial charge on any atom is -0.463 e. The van der Waals surface area contributed by atoms with Crippen molar-refractivity contribution in [2.75, 3.05) is 5.32 Å². The second-order valence-electron chi connectivity index (χ2n) is 8.14. The Labute approximate surface area is 201 Å². The van der Waals surface area contributed by atoms with Crippen LogP contribution in [-0.4, -0.2) is 25.7 Å². The molecule has 0 aliphatic rings. The van der Waals surface area contributed by atoms with Crippen LogP contribution >= 0.6 is 0 Å². The molecule has 0 aliphatic heterocycles. The van der Waals surface area contributed by atoms with Crippen LogP contribution < -0.4 is 10.9 Å². The lowest BCUT2D eigenvalue weighted by molar-refractivity contribution is -0.116. The number of anilines is 1. The number of furan rings is 1.